The minimum atomic E-state index is -4.57. The second-order valence-electron chi connectivity index (χ2n) is 4.59. The second-order valence-corrected chi connectivity index (χ2v) is 5.00. The molecule has 0 aliphatic carbocycles. The number of hydrogen-bond acceptors (Lipinski definition) is 2. The van der Waals surface area contributed by atoms with Crippen molar-refractivity contribution < 1.29 is 18.0 Å². The van der Waals surface area contributed by atoms with Crippen LogP contribution in [0.15, 0.2) is 18.2 Å². The van der Waals surface area contributed by atoms with E-state index in [2.05, 4.69) is 5.32 Å². The molecule has 1 aromatic carbocycles. The molecule has 0 aliphatic rings. The number of amides is 1. The Bertz CT molecular complexity index is 491. The molecule has 0 saturated carbocycles. The molecule has 2 atom stereocenters. The van der Waals surface area contributed by atoms with Crippen molar-refractivity contribution in [1.82, 2.24) is 0 Å². The van der Waals surface area contributed by atoms with E-state index in [9.17, 15) is 18.0 Å². The van der Waals surface area contributed by atoms with E-state index in [0.717, 1.165) is 12.1 Å². The first-order valence-electron chi connectivity index (χ1n) is 6.10. The van der Waals surface area contributed by atoms with E-state index in [-0.39, 0.29) is 11.6 Å². The fourth-order valence-electron chi connectivity index (χ4n) is 1.56. The summed E-state index contributed by atoms with van der Waals surface area (Å²) >= 11 is 5.50. The molecule has 1 aromatic rings. The summed E-state index contributed by atoms with van der Waals surface area (Å²) in [6, 6.07) is 2.42. The second kappa shape index (κ2) is 6.45. The van der Waals surface area contributed by atoms with Crippen LogP contribution in [0.5, 0.6) is 0 Å². The number of nitrogens with one attached hydrogen (secondary N) is 1. The van der Waals surface area contributed by atoms with Gasteiger partial charge in [-0.15, -0.1) is 0 Å². The lowest BCUT2D eigenvalue weighted by atomic mass is 9.99. The number of alkyl halides is 3. The number of anilines is 1. The minimum absolute atomic E-state index is 0.0190. The zero-order valence-corrected chi connectivity index (χ0v) is 11.8. The number of hydrogen-bond donors (Lipinski definition) is 2. The summed E-state index contributed by atoms with van der Waals surface area (Å²) in [5.74, 6) is -0.584. The van der Waals surface area contributed by atoms with Gasteiger partial charge in [-0.1, -0.05) is 31.9 Å². The molecule has 0 aliphatic heterocycles. The van der Waals surface area contributed by atoms with Crippen LogP contribution in [-0.4, -0.2) is 11.9 Å². The van der Waals surface area contributed by atoms with E-state index in [1.165, 1.54) is 6.07 Å². The average Bonchev–Trinajstić information content (AvgIpc) is 2.37. The largest absolute Gasteiger partial charge is 0.417 e. The number of halogens is 4. The molecule has 3 N–H and O–H groups in total. The van der Waals surface area contributed by atoms with Crippen LogP contribution in [0.4, 0.5) is 18.9 Å². The van der Waals surface area contributed by atoms with Crippen molar-refractivity contribution in [3.05, 3.63) is 28.8 Å². The first-order chi connectivity index (χ1) is 9.16. The van der Waals surface area contributed by atoms with Gasteiger partial charge in [0.2, 0.25) is 5.91 Å². The van der Waals surface area contributed by atoms with Crippen molar-refractivity contribution in [2.75, 3.05) is 5.32 Å². The highest BCUT2D eigenvalue weighted by atomic mass is 35.5. The first kappa shape index (κ1) is 16.8. The van der Waals surface area contributed by atoms with Gasteiger partial charge in [0.05, 0.1) is 16.6 Å². The number of benzene rings is 1. The van der Waals surface area contributed by atoms with Gasteiger partial charge in [-0.3, -0.25) is 4.79 Å². The zero-order chi connectivity index (χ0) is 15.5. The number of carbonyl (C=O) groups excluding carboxylic acids is 1. The van der Waals surface area contributed by atoms with Crippen LogP contribution < -0.4 is 11.1 Å². The van der Waals surface area contributed by atoms with Crippen LogP contribution in [0, 0.1) is 5.92 Å². The Hall–Kier alpha value is -1.27. The molecule has 3 nitrogen and oxygen atoms in total. The summed E-state index contributed by atoms with van der Waals surface area (Å²) in [5, 5.41) is 1.96. The maximum Gasteiger partial charge on any atom is 0.417 e. The van der Waals surface area contributed by atoms with E-state index in [4.69, 9.17) is 17.3 Å². The summed E-state index contributed by atoms with van der Waals surface area (Å²) < 4.78 is 38.1. The summed E-state index contributed by atoms with van der Waals surface area (Å²) in [6.07, 6.45) is -3.88. The Balaban J connectivity index is 2.92. The van der Waals surface area contributed by atoms with Gasteiger partial charge in [0.1, 0.15) is 0 Å². The highest BCUT2D eigenvalue weighted by molar-refractivity contribution is 6.31. The summed E-state index contributed by atoms with van der Waals surface area (Å²) in [7, 11) is 0. The van der Waals surface area contributed by atoms with Crippen LogP contribution in [0.1, 0.15) is 25.8 Å². The molecule has 0 unspecified atom stereocenters. The van der Waals surface area contributed by atoms with Crippen LogP contribution in [-0.2, 0) is 11.0 Å². The maximum atomic E-state index is 12.7. The Kier molecular flexibility index (Phi) is 5.42. The standard InChI is InChI=1S/C13H16ClF3N2O/c1-3-7(2)11(18)12(20)19-8-4-5-10(14)9(6-8)13(15,16)17/h4-7,11H,3,18H2,1-2H3,(H,19,20)/t7-,11-/m0/s1. The summed E-state index contributed by atoms with van der Waals surface area (Å²) in [6.45, 7) is 3.68. The van der Waals surface area contributed by atoms with Gasteiger partial charge in [0, 0.05) is 5.69 Å². The predicted molar refractivity (Wildman–Crippen MR) is 72.5 cm³/mol. The molecule has 0 spiro atoms. The fraction of sp³-hybridized carbons (Fsp3) is 0.462. The molecule has 0 fully saturated rings. The molecule has 0 bridgehead atoms. The molecule has 0 radical (unpaired) electrons. The molecule has 0 saturated heterocycles. The van der Waals surface area contributed by atoms with Crippen molar-refractivity contribution in [1.29, 1.82) is 0 Å². The van der Waals surface area contributed by atoms with Crippen molar-refractivity contribution in [2.45, 2.75) is 32.5 Å². The van der Waals surface area contributed by atoms with E-state index < -0.39 is 28.7 Å². The lowest BCUT2D eigenvalue weighted by Crippen LogP contribution is -2.40. The van der Waals surface area contributed by atoms with Crippen LogP contribution >= 0.6 is 11.6 Å². The van der Waals surface area contributed by atoms with Gasteiger partial charge in [-0.2, -0.15) is 13.2 Å². The molecule has 0 heterocycles. The Morgan fingerprint density at radius 2 is 2.05 bits per heavy atom. The third-order valence-corrected chi connectivity index (χ3v) is 3.43. The quantitative estimate of drug-likeness (QED) is 0.891. The lowest BCUT2D eigenvalue weighted by molar-refractivity contribution is -0.137. The highest BCUT2D eigenvalue weighted by Gasteiger charge is 2.33. The highest BCUT2D eigenvalue weighted by Crippen LogP contribution is 2.36. The molecular formula is C13H16ClF3N2O. The number of rotatable bonds is 4. The zero-order valence-electron chi connectivity index (χ0n) is 11.1. The minimum Gasteiger partial charge on any atom is -0.325 e. The van der Waals surface area contributed by atoms with Crippen LogP contribution in [0.2, 0.25) is 5.02 Å². The average molecular weight is 309 g/mol. The Labute approximate surface area is 120 Å². The molecule has 20 heavy (non-hydrogen) atoms. The van der Waals surface area contributed by atoms with Crippen LogP contribution in [0.3, 0.4) is 0 Å². The molecule has 7 heteroatoms. The van der Waals surface area contributed by atoms with Gasteiger partial charge in [-0.25, -0.2) is 0 Å². The predicted octanol–water partition coefficient (Wildman–Crippen LogP) is 3.67. The van der Waals surface area contributed by atoms with Gasteiger partial charge in [0.15, 0.2) is 0 Å². The first-order valence-corrected chi connectivity index (χ1v) is 6.47. The van der Waals surface area contributed by atoms with Crippen molar-refractivity contribution in [2.24, 2.45) is 11.7 Å². The molecule has 1 amide bonds. The lowest BCUT2D eigenvalue weighted by Gasteiger charge is -2.18. The van der Waals surface area contributed by atoms with Crippen molar-refractivity contribution in [3.63, 3.8) is 0 Å². The third-order valence-electron chi connectivity index (χ3n) is 3.10. The number of nitrogens with two attached hydrogens (primary N) is 1. The van der Waals surface area contributed by atoms with Crippen molar-refractivity contribution in [3.8, 4) is 0 Å². The third kappa shape index (κ3) is 4.11. The molecular weight excluding hydrogens is 293 g/mol. The molecule has 1 rings (SSSR count). The van der Waals surface area contributed by atoms with Crippen molar-refractivity contribution >= 4 is 23.2 Å². The van der Waals surface area contributed by atoms with E-state index in [1.54, 1.807) is 6.92 Å². The van der Waals surface area contributed by atoms with Gasteiger partial charge < -0.3 is 11.1 Å². The molecule has 0 aromatic heterocycles. The normalized spacial score (nSPS) is 14.8. The Morgan fingerprint density at radius 3 is 2.55 bits per heavy atom. The summed E-state index contributed by atoms with van der Waals surface area (Å²) in [5.41, 5.74) is 4.74. The maximum absolute atomic E-state index is 12.7. The van der Waals surface area contributed by atoms with Gasteiger partial charge in [-0.05, 0) is 24.1 Å². The topological polar surface area (TPSA) is 55.1 Å². The number of carbonyl (C=O) groups is 1. The fourth-order valence-corrected chi connectivity index (χ4v) is 1.78. The Morgan fingerprint density at radius 1 is 1.45 bits per heavy atom. The SMILES string of the molecule is CC[C@H](C)[C@H](N)C(=O)Nc1ccc(Cl)c(C(F)(F)F)c1. The smallest absolute Gasteiger partial charge is 0.325 e. The van der Waals surface area contributed by atoms with Crippen LogP contribution in [0.25, 0.3) is 0 Å². The van der Waals surface area contributed by atoms with Gasteiger partial charge >= 0.3 is 6.18 Å². The van der Waals surface area contributed by atoms with E-state index in [1.807, 2.05) is 6.92 Å². The van der Waals surface area contributed by atoms with E-state index >= 15 is 0 Å². The van der Waals surface area contributed by atoms with E-state index in [0.29, 0.717) is 6.42 Å². The summed E-state index contributed by atoms with van der Waals surface area (Å²) in [4.78, 5) is 11.8. The molecule has 112 valence electrons. The van der Waals surface area contributed by atoms with Gasteiger partial charge in [0.25, 0.3) is 0 Å². The monoisotopic (exact) mass is 308 g/mol.